The smallest absolute Gasteiger partial charge is 0.309 e. The first kappa shape index (κ1) is 9.04. The van der Waals surface area contributed by atoms with Gasteiger partial charge in [0.1, 0.15) is 0 Å². The summed E-state index contributed by atoms with van der Waals surface area (Å²) < 4.78 is 0. The third kappa shape index (κ3) is 1.18. The van der Waals surface area contributed by atoms with Gasteiger partial charge in [0, 0.05) is 0 Å². The summed E-state index contributed by atoms with van der Waals surface area (Å²) in [7, 11) is 0. The Labute approximate surface area is 79.3 Å². The molecule has 74 valence electrons. The molecule has 0 radical (unpaired) electrons. The van der Waals surface area contributed by atoms with Crippen molar-refractivity contribution in [3.8, 4) is 0 Å². The van der Waals surface area contributed by atoms with Crippen LogP contribution >= 0.6 is 0 Å². The molecule has 2 rings (SSSR count). The predicted octanol–water partition coefficient (Wildman–Crippen LogP) is 2.53. The van der Waals surface area contributed by atoms with E-state index in [9.17, 15) is 4.79 Å². The van der Waals surface area contributed by atoms with Crippen LogP contribution in [0.2, 0.25) is 0 Å². The summed E-state index contributed by atoms with van der Waals surface area (Å²) in [6.07, 6.45) is 4.24. The summed E-state index contributed by atoms with van der Waals surface area (Å²) in [5, 5.41) is 9.14. The van der Waals surface area contributed by atoms with Gasteiger partial charge in [0.25, 0.3) is 0 Å². The SMILES string of the molecule is CC(C)C1CCCC2(C(=O)O)CC12. The molecule has 2 saturated carbocycles. The maximum atomic E-state index is 11.1. The average Bonchev–Trinajstić information content (AvgIpc) is 2.77. The zero-order valence-corrected chi connectivity index (χ0v) is 8.42. The van der Waals surface area contributed by atoms with E-state index >= 15 is 0 Å². The summed E-state index contributed by atoms with van der Waals surface area (Å²) in [6, 6.07) is 0. The van der Waals surface area contributed by atoms with Gasteiger partial charge in [0.05, 0.1) is 5.41 Å². The molecule has 1 N–H and O–H groups in total. The van der Waals surface area contributed by atoms with E-state index < -0.39 is 5.97 Å². The van der Waals surface area contributed by atoms with E-state index in [0.717, 1.165) is 19.3 Å². The maximum Gasteiger partial charge on any atom is 0.309 e. The van der Waals surface area contributed by atoms with Crippen LogP contribution in [0.1, 0.15) is 39.5 Å². The van der Waals surface area contributed by atoms with Gasteiger partial charge in [-0.05, 0) is 37.0 Å². The van der Waals surface area contributed by atoms with E-state index in [-0.39, 0.29) is 5.41 Å². The lowest BCUT2D eigenvalue weighted by Gasteiger charge is -2.28. The Morgan fingerprint density at radius 1 is 1.54 bits per heavy atom. The van der Waals surface area contributed by atoms with Gasteiger partial charge in [-0.25, -0.2) is 0 Å². The van der Waals surface area contributed by atoms with Crippen molar-refractivity contribution in [1.82, 2.24) is 0 Å². The lowest BCUT2D eigenvalue weighted by molar-refractivity contribution is -0.145. The Balaban J connectivity index is 2.11. The number of carbonyl (C=O) groups is 1. The number of aliphatic carboxylic acids is 1. The second kappa shape index (κ2) is 2.73. The van der Waals surface area contributed by atoms with Crippen molar-refractivity contribution in [3.63, 3.8) is 0 Å². The molecular weight excluding hydrogens is 164 g/mol. The largest absolute Gasteiger partial charge is 0.481 e. The molecule has 2 fully saturated rings. The standard InChI is InChI=1S/C11H18O2/c1-7(2)8-4-3-5-11(10(12)13)6-9(8)11/h7-9H,3-6H2,1-2H3,(H,12,13). The fourth-order valence-corrected chi connectivity index (χ4v) is 3.19. The number of fused-ring (bicyclic) bond motifs is 1. The Kier molecular flexibility index (Phi) is 1.90. The van der Waals surface area contributed by atoms with Gasteiger partial charge in [0.2, 0.25) is 0 Å². The fraction of sp³-hybridized carbons (Fsp3) is 0.909. The minimum Gasteiger partial charge on any atom is -0.481 e. The molecule has 2 aliphatic carbocycles. The van der Waals surface area contributed by atoms with E-state index in [1.54, 1.807) is 0 Å². The van der Waals surface area contributed by atoms with Crippen molar-refractivity contribution in [3.05, 3.63) is 0 Å². The molecule has 2 nitrogen and oxygen atoms in total. The van der Waals surface area contributed by atoms with Gasteiger partial charge in [0.15, 0.2) is 0 Å². The van der Waals surface area contributed by atoms with Gasteiger partial charge < -0.3 is 5.11 Å². The van der Waals surface area contributed by atoms with Crippen LogP contribution in [-0.4, -0.2) is 11.1 Å². The van der Waals surface area contributed by atoms with E-state index in [1.807, 2.05) is 0 Å². The van der Waals surface area contributed by atoms with Crippen molar-refractivity contribution >= 4 is 5.97 Å². The van der Waals surface area contributed by atoms with Gasteiger partial charge in [-0.15, -0.1) is 0 Å². The average molecular weight is 182 g/mol. The quantitative estimate of drug-likeness (QED) is 0.712. The molecule has 0 spiro atoms. The zero-order chi connectivity index (χ0) is 9.64. The van der Waals surface area contributed by atoms with E-state index in [2.05, 4.69) is 13.8 Å². The molecule has 0 amide bonds. The molecule has 3 atom stereocenters. The molecule has 0 heterocycles. The van der Waals surface area contributed by atoms with E-state index in [1.165, 1.54) is 6.42 Å². The number of rotatable bonds is 2. The number of carboxylic acid groups (broad SMARTS) is 1. The van der Waals surface area contributed by atoms with Crippen molar-refractivity contribution in [2.75, 3.05) is 0 Å². The van der Waals surface area contributed by atoms with Crippen LogP contribution in [0.4, 0.5) is 0 Å². The van der Waals surface area contributed by atoms with Gasteiger partial charge in [-0.1, -0.05) is 20.3 Å². The first-order chi connectivity index (χ1) is 6.08. The molecule has 0 bridgehead atoms. The lowest BCUT2D eigenvalue weighted by atomic mass is 9.76. The molecule has 3 unspecified atom stereocenters. The number of hydrogen-bond acceptors (Lipinski definition) is 1. The highest BCUT2D eigenvalue weighted by Gasteiger charge is 2.64. The van der Waals surface area contributed by atoms with Crippen LogP contribution in [0, 0.1) is 23.2 Å². The molecule has 0 aromatic rings. The summed E-state index contributed by atoms with van der Waals surface area (Å²) in [5.41, 5.74) is -0.285. The van der Waals surface area contributed by atoms with Crippen LogP contribution in [0.15, 0.2) is 0 Å². The van der Waals surface area contributed by atoms with Gasteiger partial charge >= 0.3 is 5.97 Å². The molecular formula is C11H18O2. The molecule has 2 aliphatic rings. The highest BCUT2D eigenvalue weighted by Crippen LogP contribution is 2.65. The van der Waals surface area contributed by atoms with Gasteiger partial charge in [-0.2, -0.15) is 0 Å². The van der Waals surface area contributed by atoms with Crippen LogP contribution in [0.25, 0.3) is 0 Å². The van der Waals surface area contributed by atoms with Crippen molar-refractivity contribution in [1.29, 1.82) is 0 Å². The monoisotopic (exact) mass is 182 g/mol. The third-order valence-electron chi connectivity index (χ3n) is 4.09. The second-order valence-electron chi connectivity index (χ2n) is 5.07. The summed E-state index contributed by atoms with van der Waals surface area (Å²) >= 11 is 0. The van der Waals surface area contributed by atoms with Crippen molar-refractivity contribution in [2.45, 2.75) is 39.5 Å². The summed E-state index contributed by atoms with van der Waals surface area (Å²) in [5.74, 6) is 1.29. The first-order valence-electron chi connectivity index (χ1n) is 5.31. The van der Waals surface area contributed by atoms with Crippen LogP contribution in [-0.2, 0) is 4.79 Å². The topological polar surface area (TPSA) is 37.3 Å². The Hall–Kier alpha value is -0.530. The highest BCUT2D eigenvalue weighted by atomic mass is 16.4. The molecule has 2 heteroatoms. The maximum absolute atomic E-state index is 11.1. The fourth-order valence-electron chi connectivity index (χ4n) is 3.19. The minimum atomic E-state index is -0.539. The number of hydrogen-bond donors (Lipinski definition) is 1. The Morgan fingerprint density at radius 3 is 2.77 bits per heavy atom. The van der Waals surface area contributed by atoms with Crippen LogP contribution in [0.3, 0.4) is 0 Å². The molecule has 0 saturated heterocycles. The third-order valence-corrected chi connectivity index (χ3v) is 4.09. The van der Waals surface area contributed by atoms with Crippen LogP contribution in [0.5, 0.6) is 0 Å². The molecule has 0 aromatic carbocycles. The van der Waals surface area contributed by atoms with E-state index in [0.29, 0.717) is 17.8 Å². The normalized spacial score (nSPS) is 43.0. The molecule has 0 aromatic heterocycles. The first-order valence-corrected chi connectivity index (χ1v) is 5.31. The van der Waals surface area contributed by atoms with Gasteiger partial charge in [-0.3, -0.25) is 4.79 Å². The summed E-state index contributed by atoms with van der Waals surface area (Å²) in [6.45, 7) is 4.45. The van der Waals surface area contributed by atoms with Crippen molar-refractivity contribution in [2.24, 2.45) is 23.2 Å². The molecule has 0 aliphatic heterocycles. The second-order valence-corrected chi connectivity index (χ2v) is 5.07. The predicted molar refractivity (Wildman–Crippen MR) is 50.4 cm³/mol. The minimum absolute atomic E-state index is 0.285. The number of carboxylic acids is 1. The molecule has 13 heavy (non-hydrogen) atoms. The van der Waals surface area contributed by atoms with Crippen molar-refractivity contribution < 1.29 is 9.90 Å². The Bertz CT molecular complexity index is 234. The lowest BCUT2D eigenvalue weighted by Crippen LogP contribution is -2.27. The zero-order valence-electron chi connectivity index (χ0n) is 8.42. The van der Waals surface area contributed by atoms with Crippen LogP contribution < -0.4 is 0 Å². The highest BCUT2D eigenvalue weighted by molar-refractivity contribution is 5.78. The Morgan fingerprint density at radius 2 is 2.23 bits per heavy atom. The van der Waals surface area contributed by atoms with E-state index in [4.69, 9.17) is 5.11 Å². The summed E-state index contributed by atoms with van der Waals surface area (Å²) in [4.78, 5) is 11.1.